The number of likely N-dealkylation sites (tertiary alicyclic amines) is 1. The van der Waals surface area contributed by atoms with E-state index in [1.807, 2.05) is 4.90 Å². The Morgan fingerprint density at radius 1 is 1.33 bits per heavy atom. The Kier molecular flexibility index (Phi) is 5.92. The zero-order valence-electron chi connectivity index (χ0n) is 11.3. The summed E-state index contributed by atoms with van der Waals surface area (Å²) in [6.45, 7) is 6.45. The molecule has 0 radical (unpaired) electrons. The maximum atomic E-state index is 12.7. The molecule has 2 unspecified atom stereocenters. The third kappa shape index (κ3) is 5.14. The fraction of sp³-hybridized carbons (Fsp3) is 1.00. The van der Waals surface area contributed by atoms with Crippen LogP contribution in [0.4, 0.5) is 13.2 Å². The second-order valence-corrected chi connectivity index (χ2v) is 5.87. The molecule has 5 heteroatoms. The molecule has 0 spiro atoms. The van der Waals surface area contributed by atoms with Crippen molar-refractivity contribution in [2.45, 2.75) is 39.3 Å². The van der Waals surface area contributed by atoms with Crippen molar-refractivity contribution >= 4 is 0 Å². The molecule has 2 nitrogen and oxygen atoms in total. The van der Waals surface area contributed by atoms with Gasteiger partial charge in [0.05, 0.1) is 5.92 Å². The Hall–Kier alpha value is -0.290. The van der Waals surface area contributed by atoms with Gasteiger partial charge in [-0.2, -0.15) is 13.2 Å². The van der Waals surface area contributed by atoms with Crippen molar-refractivity contribution in [3.8, 4) is 0 Å². The summed E-state index contributed by atoms with van der Waals surface area (Å²) < 4.78 is 38.1. The lowest BCUT2D eigenvalue weighted by atomic mass is 9.93. The van der Waals surface area contributed by atoms with Gasteiger partial charge in [0.1, 0.15) is 0 Å². The van der Waals surface area contributed by atoms with Gasteiger partial charge in [-0.3, -0.25) is 0 Å². The van der Waals surface area contributed by atoms with E-state index in [0.717, 1.165) is 13.0 Å². The molecule has 0 saturated carbocycles. The molecule has 0 aromatic rings. The van der Waals surface area contributed by atoms with Gasteiger partial charge in [0, 0.05) is 13.1 Å². The third-order valence-corrected chi connectivity index (χ3v) is 3.62. The van der Waals surface area contributed by atoms with Gasteiger partial charge in [0.25, 0.3) is 0 Å². The first-order valence-corrected chi connectivity index (χ1v) is 6.82. The van der Waals surface area contributed by atoms with E-state index in [2.05, 4.69) is 13.8 Å². The normalized spacial score (nSPS) is 24.5. The van der Waals surface area contributed by atoms with Gasteiger partial charge in [-0.15, -0.1) is 0 Å². The molecule has 1 heterocycles. The molecule has 1 aliphatic heterocycles. The first kappa shape index (κ1) is 15.8. The van der Waals surface area contributed by atoms with Gasteiger partial charge in [-0.05, 0) is 44.2 Å². The van der Waals surface area contributed by atoms with Crippen LogP contribution in [0.5, 0.6) is 0 Å². The Bertz CT molecular complexity index is 241. The van der Waals surface area contributed by atoms with E-state index in [0.29, 0.717) is 31.3 Å². The van der Waals surface area contributed by atoms with Gasteiger partial charge in [0.15, 0.2) is 0 Å². The molecule has 0 aromatic heterocycles. The van der Waals surface area contributed by atoms with Crippen LogP contribution >= 0.6 is 0 Å². The van der Waals surface area contributed by atoms with Crippen molar-refractivity contribution in [3.05, 3.63) is 0 Å². The highest BCUT2D eigenvalue weighted by Gasteiger charge is 2.41. The van der Waals surface area contributed by atoms with E-state index in [9.17, 15) is 13.2 Å². The summed E-state index contributed by atoms with van der Waals surface area (Å²) in [5, 5.41) is 0. The number of nitrogens with zero attached hydrogens (tertiary/aromatic N) is 1. The summed E-state index contributed by atoms with van der Waals surface area (Å²) in [5.41, 5.74) is 5.71. The summed E-state index contributed by atoms with van der Waals surface area (Å²) in [5.74, 6) is -0.289. The van der Waals surface area contributed by atoms with Gasteiger partial charge in [-0.25, -0.2) is 0 Å². The van der Waals surface area contributed by atoms with Crippen molar-refractivity contribution in [2.24, 2.45) is 23.5 Å². The van der Waals surface area contributed by atoms with Crippen LogP contribution in [0.2, 0.25) is 0 Å². The molecule has 0 bridgehead atoms. The molecule has 18 heavy (non-hydrogen) atoms. The average Bonchev–Trinajstić information content (AvgIpc) is 2.26. The Morgan fingerprint density at radius 3 is 2.50 bits per heavy atom. The van der Waals surface area contributed by atoms with E-state index < -0.39 is 12.1 Å². The summed E-state index contributed by atoms with van der Waals surface area (Å²) in [6.07, 6.45) is -2.14. The first-order chi connectivity index (χ1) is 8.32. The standard InChI is InChI=1S/C13H25F3N2/c1-10(2)6-11(7-17)8-18-5-3-4-12(9-18)13(14,15)16/h10-12H,3-9,17H2,1-2H3. The zero-order valence-corrected chi connectivity index (χ0v) is 11.3. The van der Waals surface area contributed by atoms with Crippen molar-refractivity contribution in [3.63, 3.8) is 0 Å². The van der Waals surface area contributed by atoms with Crippen LogP contribution in [-0.2, 0) is 0 Å². The molecule has 1 fully saturated rings. The van der Waals surface area contributed by atoms with Crippen molar-refractivity contribution in [2.75, 3.05) is 26.2 Å². The minimum absolute atomic E-state index is 0.151. The summed E-state index contributed by atoms with van der Waals surface area (Å²) >= 11 is 0. The van der Waals surface area contributed by atoms with Crippen molar-refractivity contribution in [1.82, 2.24) is 4.90 Å². The minimum atomic E-state index is -4.05. The lowest BCUT2D eigenvalue weighted by Crippen LogP contribution is -2.44. The van der Waals surface area contributed by atoms with Crippen LogP contribution in [0.15, 0.2) is 0 Å². The van der Waals surface area contributed by atoms with Crippen LogP contribution in [0.3, 0.4) is 0 Å². The summed E-state index contributed by atoms with van der Waals surface area (Å²) in [7, 11) is 0. The Morgan fingerprint density at radius 2 is 2.00 bits per heavy atom. The molecule has 108 valence electrons. The molecule has 0 aliphatic carbocycles. The van der Waals surface area contributed by atoms with E-state index >= 15 is 0 Å². The average molecular weight is 266 g/mol. The predicted octanol–water partition coefficient (Wildman–Crippen LogP) is 2.88. The molecule has 2 atom stereocenters. The fourth-order valence-corrected chi connectivity index (χ4v) is 2.77. The van der Waals surface area contributed by atoms with E-state index in [-0.39, 0.29) is 13.0 Å². The zero-order chi connectivity index (χ0) is 13.8. The maximum absolute atomic E-state index is 12.7. The quantitative estimate of drug-likeness (QED) is 0.829. The van der Waals surface area contributed by atoms with Crippen LogP contribution < -0.4 is 5.73 Å². The number of hydrogen-bond acceptors (Lipinski definition) is 2. The Labute approximate surface area is 108 Å². The van der Waals surface area contributed by atoms with Crippen LogP contribution in [0.25, 0.3) is 0 Å². The predicted molar refractivity (Wildman–Crippen MR) is 67.2 cm³/mol. The number of piperidine rings is 1. The minimum Gasteiger partial charge on any atom is -0.330 e. The topological polar surface area (TPSA) is 29.3 Å². The van der Waals surface area contributed by atoms with Crippen molar-refractivity contribution < 1.29 is 13.2 Å². The molecule has 1 aliphatic rings. The highest BCUT2D eigenvalue weighted by molar-refractivity contribution is 4.79. The third-order valence-electron chi connectivity index (χ3n) is 3.62. The van der Waals surface area contributed by atoms with Gasteiger partial charge < -0.3 is 10.6 Å². The highest BCUT2D eigenvalue weighted by Crippen LogP contribution is 2.33. The Balaban J connectivity index is 2.46. The lowest BCUT2D eigenvalue weighted by molar-refractivity contribution is -0.187. The van der Waals surface area contributed by atoms with Gasteiger partial charge >= 0.3 is 6.18 Å². The monoisotopic (exact) mass is 266 g/mol. The van der Waals surface area contributed by atoms with Gasteiger partial charge in [0.2, 0.25) is 0 Å². The van der Waals surface area contributed by atoms with E-state index in [4.69, 9.17) is 5.73 Å². The molecule has 0 aromatic carbocycles. The van der Waals surface area contributed by atoms with Crippen LogP contribution in [0.1, 0.15) is 33.1 Å². The number of rotatable bonds is 5. The van der Waals surface area contributed by atoms with E-state index in [1.165, 1.54) is 0 Å². The van der Waals surface area contributed by atoms with Crippen LogP contribution in [0, 0.1) is 17.8 Å². The van der Waals surface area contributed by atoms with Gasteiger partial charge in [-0.1, -0.05) is 13.8 Å². The van der Waals surface area contributed by atoms with E-state index in [1.54, 1.807) is 0 Å². The molecular weight excluding hydrogens is 241 g/mol. The fourth-order valence-electron chi connectivity index (χ4n) is 2.77. The molecule has 0 amide bonds. The number of alkyl halides is 3. The molecule has 2 N–H and O–H groups in total. The van der Waals surface area contributed by atoms with Crippen molar-refractivity contribution in [1.29, 1.82) is 0 Å². The number of hydrogen-bond donors (Lipinski definition) is 1. The lowest BCUT2D eigenvalue weighted by Gasteiger charge is -2.35. The maximum Gasteiger partial charge on any atom is 0.393 e. The molecule has 1 saturated heterocycles. The second kappa shape index (κ2) is 6.75. The smallest absolute Gasteiger partial charge is 0.330 e. The second-order valence-electron chi connectivity index (χ2n) is 5.87. The molecular formula is C13H25F3N2. The van der Waals surface area contributed by atoms with Crippen LogP contribution in [-0.4, -0.2) is 37.3 Å². The summed E-state index contributed by atoms with van der Waals surface area (Å²) in [4.78, 5) is 1.95. The first-order valence-electron chi connectivity index (χ1n) is 6.82. The largest absolute Gasteiger partial charge is 0.393 e. The SMILES string of the molecule is CC(C)CC(CN)CN1CCCC(C(F)(F)F)C1. The number of nitrogens with two attached hydrogens (primary N) is 1. The summed E-state index contributed by atoms with van der Waals surface area (Å²) in [6, 6.07) is 0. The molecule has 1 rings (SSSR count). The number of halogens is 3. The highest BCUT2D eigenvalue weighted by atomic mass is 19.4.